The minimum absolute atomic E-state index is 0.0342. The average molecular weight is 497 g/mol. The number of carbonyl (C=O) groups is 2. The van der Waals surface area contributed by atoms with E-state index in [1.165, 1.54) is 6.42 Å². The van der Waals surface area contributed by atoms with E-state index in [0.717, 1.165) is 43.2 Å². The third kappa shape index (κ3) is 3.86. The molecule has 4 unspecified atom stereocenters. The van der Waals surface area contributed by atoms with Crippen molar-refractivity contribution < 1.29 is 9.59 Å². The Kier molecular flexibility index (Phi) is 6.05. The van der Waals surface area contributed by atoms with Gasteiger partial charge in [-0.05, 0) is 78.9 Å². The zero-order chi connectivity index (χ0) is 25.8. The van der Waals surface area contributed by atoms with Gasteiger partial charge in [-0.15, -0.1) is 0 Å². The van der Waals surface area contributed by atoms with Crippen LogP contribution in [0.3, 0.4) is 0 Å². The fraction of sp³-hybridized carbons (Fsp3) is 0.515. The van der Waals surface area contributed by atoms with Crippen LogP contribution in [-0.2, 0) is 9.59 Å². The lowest BCUT2D eigenvalue weighted by molar-refractivity contribution is -0.142. The Morgan fingerprint density at radius 1 is 0.892 bits per heavy atom. The molecule has 7 atom stereocenters. The molecule has 2 amide bonds. The minimum Gasteiger partial charge on any atom is -0.345 e. The Morgan fingerprint density at radius 3 is 2.19 bits per heavy atom. The molecule has 1 heterocycles. The van der Waals surface area contributed by atoms with Crippen LogP contribution >= 0.6 is 0 Å². The standard InChI is InChI=1S/C33H40N2O2/c1-32-20-18-26-24(14-17-28-33(26,2)21-19-29(36)35(28)3)25(32)15-16-27(32)31(37)34-30(22-10-6-4-7-11-22)23-12-8-5-9-13-23/h4-13,19,21,24-28,30H,14-18,20H2,1-3H3,(H,34,37)/t24?,25?,26?,27-,28?,32+,33-/m1/s1. The van der Waals surface area contributed by atoms with Crippen LogP contribution in [0.1, 0.15) is 69.5 Å². The summed E-state index contributed by atoms with van der Waals surface area (Å²) in [6.07, 6.45) is 10.6. The first-order chi connectivity index (χ1) is 17.8. The number of rotatable bonds is 4. The Balaban J connectivity index is 1.25. The van der Waals surface area contributed by atoms with Crippen molar-refractivity contribution in [1.82, 2.24) is 10.2 Å². The first-order valence-electron chi connectivity index (χ1n) is 14.2. The van der Waals surface area contributed by atoms with Crippen molar-refractivity contribution in [1.29, 1.82) is 0 Å². The van der Waals surface area contributed by atoms with E-state index in [0.29, 0.717) is 23.8 Å². The highest BCUT2D eigenvalue weighted by Gasteiger charge is 2.61. The molecule has 0 aromatic heterocycles. The maximum Gasteiger partial charge on any atom is 0.246 e. The fourth-order valence-electron chi connectivity index (χ4n) is 9.06. The van der Waals surface area contributed by atoms with Crippen molar-refractivity contribution >= 4 is 11.8 Å². The third-order valence-corrected chi connectivity index (χ3v) is 11.0. The third-order valence-electron chi connectivity index (χ3n) is 11.0. The highest BCUT2D eigenvalue weighted by atomic mass is 16.2. The first kappa shape index (κ1) is 24.5. The average Bonchev–Trinajstić information content (AvgIpc) is 3.28. The highest BCUT2D eigenvalue weighted by molar-refractivity contribution is 5.89. The van der Waals surface area contributed by atoms with Gasteiger partial charge >= 0.3 is 0 Å². The number of amides is 2. The summed E-state index contributed by atoms with van der Waals surface area (Å²) in [5.41, 5.74) is 2.32. The Hall–Kier alpha value is -2.88. The lowest BCUT2D eigenvalue weighted by atomic mass is 9.47. The number of benzene rings is 2. The molecule has 0 radical (unpaired) electrons. The van der Waals surface area contributed by atoms with Gasteiger partial charge in [0.1, 0.15) is 0 Å². The van der Waals surface area contributed by atoms with Crippen LogP contribution in [0.5, 0.6) is 0 Å². The lowest BCUT2D eigenvalue weighted by Gasteiger charge is -2.60. The van der Waals surface area contributed by atoms with E-state index in [1.807, 2.05) is 54.4 Å². The molecule has 0 saturated heterocycles. The van der Waals surface area contributed by atoms with E-state index in [4.69, 9.17) is 0 Å². The second-order valence-corrected chi connectivity index (χ2v) is 12.6. The summed E-state index contributed by atoms with van der Waals surface area (Å²) in [4.78, 5) is 28.4. The topological polar surface area (TPSA) is 49.4 Å². The molecule has 0 spiro atoms. The maximum absolute atomic E-state index is 14.0. The molecular formula is C33H40N2O2. The van der Waals surface area contributed by atoms with E-state index in [-0.39, 0.29) is 34.6 Å². The van der Waals surface area contributed by atoms with Crippen molar-refractivity contribution in [2.75, 3.05) is 7.05 Å². The molecule has 1 N–H and O–H groups in total. The molecule has 2 aromatic carbocycles. The Labute approximate surface area is 221 Å². The molecular weight excluding hydrogens is 456 g/mol. The predicted molar refractivity (Wildman–Crippen MR) is 146 cm³/mol. The number of hydrogen-bond donors (Lipinski definition) is 1. The van der Waals surface area contributed by atoms with Crippen molar-refractivity contribution in [2.45, 2.75) is 64.5 Å². The molecule has 4 heteroatoms. The smallest absolute Gasteiger partial charge is 0.246 e. The second-order valence-electron chi connectivity index (χ2n) is 12.6. The van der Waals surface area contributed by atoms with E-state index >= 15 is 0 Å². The molecule has 3 fully saturated rings. The fourth-order valence-corrected chi connectivity index (χ4v) is 9.06. The summed E-state index contributed by atoms with van der Waals surface area (Å²) in [6.45, 7) is 4.80. The van der Waals surface area contributed by atoms with Crippen LogP contribution in [0.25, 0.3) is 0 Å². The van der Waals surface area contributed by atoms with Crippen molar-refractivity contribution in [3.8, 4) is 0 Å². The largest absolute Gasteiger partial charge is 0.345 e. The summed E-state index contributed by atoms with van der Waals surface area (Å²) >= 11 is 0. The maximum atomic E-state index is 14.0. The van der Waals surface area contributed by atoms with Gasteiger partial charge in [-0.25, -0.2) is 0 Å². The molecule has 3 aliphatic carbocycles. The van der Waals surface area contributed by atoms with Crippen LogP contribution in [0.2, 0.25) is 0 Å². The number of nitrogens with zero attached hydrogens (tertiary/aromatic N) is 1. The van der Waals surface area contributed by atoms with Gasteiger partial charge in [-0.3, -0.25) is 9.59 Å². The first-order valence-corrected chi connectivity index (χ1v) is 14.2. The van der Waals surface area contributed by atoms with Gasteiger partial charge in [0.15, 0.2) is 0 Å². The molecule has 0 bridgehead atoms. The van der Waals surface area contributed by atoms with Gasteiger partial charge < -0.3 is 10.2 Å². The molecule has 4 nitrogen and oxygen atoms in total. The van der Waals surface area contributed by atoms with E-state index in [2.05, 4.69) is 49.5 Å². The number of fused-ring (bicyclic) bond motifs is 5. The van der Waals surface area contributed by atoms with E-state index < -0.39 is 0 Å². The zero-order valence-electron chi connectivity index (χ0n) is 22.4. The van der Waals surface area contributed by atoms with Crippen molar-refractivity contribution in [2.24, 2.45) is 34.5 Å². The van der Waals surface area contributed by atoms with Gasteiger partial charge in [0, 0.05) is 24.4 Å². The van der Waals surface area contributed by atoms with Gasteiger partial charge in [0.2, 0.25) is 11.8 Å². The molecule has 1 aliphatic heterocycles. The van der Waals surface area contributed by atoms with E-state index in [9.17, 15) is 9.59 Å². The van der Waals surface area contributed by atoms with Crippen LogP contribution in [0.4, 0.5) is 0 Å². The second kappa shape index (κ2) is 9.15. The number of nitrogens with one attached hydrogen (secondary N) is 1. The lowest BCUT2D eigenvalue weighted by Crippen LogP contribution is -2.59. The van der Waals surface area contributed by atoms with E-state index in [1.54, 1.807) is 0 Å². The van der Waals surface area contributed by atoms with Gasteiger partial charge in [-0.2, -0.15) is 0 Å². The summed E-state index contributed by atoms with van der Waals surface area (Å²) in [6, 6.07) is 20.9. The predicted octanol–water partition coefficient (Wildman–Crippen LogP) is 6.15. The molecule has 2 aromatic rings. The number of likely N-dealkylation sites (N-methyl/N-ethyl adjacent to an activating group) is 1. The van der Waals surface area contributed by atoms with Crippen molar-refractivity contribution in [3.63, 3.8) is 0 Å². The van der Waals surface area contributed by atoms with Crippen LogP contribution in [0.15, 0.2) is 72.8 Å². The molecule has 37 heavy (non-hydrogen) atoms. The van der Waals surface area contributed by atoms with Gasteiger partial charge in [0.05, 0.1) is 6.04 Å². The van der Waals surface area contributed by atoms with Gasteiger partial charge in [0.25, 0.3) is 0 Å². The van der Waals surface area contributed by atoms with Crippen LogP contribution < -0.4 is 5.32 Å². The summed E-state index contributed by atoms with van der Waals surface area (Å²) in [7, 11) is 1.98. The molecule has 3 saturated carbocycles. The molecule has 4 aliphatic rings. The molecule has 194 valence electrons. The monoisotopic (exact) mass is 496 g/mol. The summed E-state index contributed by atoms with van der Waals surface area (Å²) in [5.74, 6) is 2.19. The zero-order valence-corrected chi connectivity index (χ0v) is 22.4. The number of carbonyl (C=O) groups excluding carboxylic acids is 2. The molecule has 6 rings (SSSR count). The van der Waals surface area contributed by atoms with Gasteiger partial charge in [-0.1, -0.05) is 80.6 Å². The van der Waals surface area contributed by atoms with Crippen LogP contribution in [0, 0.1) is 34.5 Å². The Bertz CT molecular complexity index is 1150. The highest BCUT2D eigenvalue weighted by Crippen LogP contribution is 2.65. The number of hydrogen-bond acceptors (Lipinski definition) is 2. The Morgan fingerprint density at radius 2 is 1.54 bits per heavy atom. The SMILES string of the molecule is CN1C(=O)C=C[C@]2(C)C3CC[C@@]4(C)C(CC[C@@H]4C(=O)NC(c4ccccc4)c4ccccc4)C3CCC12. The van der Waals surface area contributed by atoms with Crippen LogP contribution in [-0.4, -0.2) is 29.8 Å². The quantitative estimate of drug-likeness (QED) is 0.552. The normalized spacial score (nSPS) is 36.6. The van der Waals surface area contributed by atoms with Crippen molar-refractivity contribution in [3.05, 3.63) is 83.9 Å². The summed E-state index contributed by atoms with van der Waals surface area (Å²) < 4.78 is 0. The summed E-state index contributed by atoms with van der Waals surface area (Å²) in [5, 5.41) is 3.49. The minimum atomic E-state index is -0.135.